The van der Waals surface area contributed by atoms with Crippen molar-refractivity contribution in [3.05, 3.63) is 24.3 Å². The smallest absolute Gasteiger partial charge is 0.306 e. The first-order valence-corrected chi connectivity index (χ1v) is 18.1. The number of aliphatic hydroxyl groups excluding tert-OH is 4. The Bertz CT molecular complexity index is 828. The fourth-order valence-electron chi connectivity index (χ4n) is 5.60. The molecule has 0 spiro atoms. The molecule has 9 heteroatoms. The SMILES string of the molecule is CCCCC[C@H](O)/C=C/[C@H]1OC(O)C[C@H](O)[C@@H]1C/C=C\CCCC(=O)OC[C@H](CO)OC(=O)CCCCCCCCCCC(C)C. The van der Waals surface area contributed by atoms with Crippen LogP contribution in [0.3, 0.4) is 0 Å². The molecule has 268 valence electrons. The van der Waals surface area contributed by atoms with Crippen LogP contribution in [-0.2, 0) is 23.8 Å². The first-order valence-electron chi connectivity index (χ1n) is 18.1. The van der Waals surface area contributed by atoms with E-state index in [4.69, 9.17) is 14.2 Å². The standard InChI is InChI=1S/C37H66O9/c1-4-5-14-20-30(39)24-25-34-32(33(40)26-37(43)46-34)21-16-12-13-17-22-35(41)44-28-31(27-38)45-36(42)23-18-11-9-7-6-8-10-15-19-29(2)3/h12,16,24-25,29-34,37-40,43H,4-11,13-15,17-23,26-28H2,1-3H3/b16-12-,25-24+/t30-,31-,32-,33-,34+,37?/m0/s1. The maximum Gasteiger partial charge on any atom is 0.306 e. The molecule has 0 amide bonds. The van der Waals surface area contributed by atoms with Gasteiger partial charge in [-0.25, -0.2) is 0 Å². The van der Waals surface area contributed by atoms with Crippen molar-refractivity contribution < 1.29 is 44.2 Å². The van der Waals surface area contributed by atoms with Crippen LogP contribution in [0.2, 0.25) is 0 Å². The topological polar surface area (TPSA) is 143 Å². The highest BCUT2D eigenvalue weighted by Gasteiger charge is 2.35. The molecule has 1 rings (SSSR count). The largest absolute Gasteiger partial charge is 0.462 e. The Hall–Kier alpha value is -1.78. The second-order valence-corrected chi connectivity index (χ2v) is 13.3. The van der Waals surface area contributed by atoms with Gasteiger partial charge in [0.1, 0.15) is 6.61 Å². The van der Waals surface area contributed by atoms with Crippen LogP contribution < -0.4 is 0 Å². The Balaban J connectivity index is 2.22. The predicted octanol–water partition coefficient (Wildman–Crippen LogP) is 6.69. The summed E-state index contributed by atoms with van der Waals surface area (Å²) in [5, 5.41) is 40.2. The van der Waals surface area contributed by atoms with E-state index in [9.17, 15) is 30.0 Å². The predicted molar refractivity (Wildman–Crippen MR) is 181 cm³/mol. The number of rotatable bonds is 27. The third-order valence-corrected chi connectivity index (χ3v) is 8.47. The minimum absolute atomic E-state index is 0.136. The van der Waals surface area contributed by atoms with E-state index in [1.54, 1.807) is 12.2 Å². The summed E-state index contributed by atoms with van der Waals surface area (Å²) in [6.45, 7) is 6.07. The van der Waals surface area contributed by atoms with Crippen LogP contribution in [-0.4, -0.2) is 76.3 Å². The van der Waals surface area contributed by atoms with Gasteiger partial charge in [0.2, 0.25) is 0 Å². The van der Waals surface area contributed by atoms with Gasteiger partial charge >= 0.3 is 11.9 Å². The molecule has 0 aromatic carbocycles. The average molecular weight is 655 g/mol. The molecule has 1 saturated heterocycles. The molecule has 0 aliphatic carbocycles. The first-order chi connectivity index (χ1) is 22.2. The van der Waals surface area contributed by atoms with E-state index < -0.39 is 43.3 Å². The monoisotopic (exact) mass is 654 g/mol. The van der Waals surface area contributed by atoms with Gasteiger partial charge in [-0.2, -0.15) is 0 Å². The van der Waals surface area contributed by atoms with Gasteiger partial charge in [0, 0.05) is 25.2 Å². The van der Waals surface area contributed by atoms with Crippen molar-refractivity contribution in [2.45, 2.75) is 173 Å². The quantitative estimate of drug-likeness (QED) is 0.0433. The number of esters is 2. The number of aliphatic hydroxyl groups is 4. The van der Waals surface area contributed by atoms with Crippen molar-refractivity contribution in [3.8, 4) is 0 Å². The Morgan fingerprint density at radius 2 is 1.52 bits per heavy atom. The molecule has 0 bridgehead atoms. The summed E-state index contributed by atoms with van der Waals surface area (Å²) in [7, 11) is 0. The molecule has 4 N–H and O–H groups in total. The van der Waals surface area contributed by atoms with E-state index >= 15 is 0 Å². The minimum atomic E-state index is -1.05. The summed E-state index contributed by atoms with van der Waals surface area (Å²) in [4.78, 5) is 24.3. The van der Waals surface area contributed by atoms with Crippen LogP contribution in [0.15, 0.2) is 24.3 Å². The highest BCUT2D eigenvalue weighted by atomic mass is 16.6. The Morgan fingerprint density at radius 3 is 2.20 bits per heavy atom. The van der Waals surface area contributed by atoms with Crippen LogP contribution in [0.5, 0.6) is 0 Å². The first kappa shape index (κ1) is 42.2. The zero-order chi connectivity index (χ0) is 34.0. The van der Waals surface area contributed by atoms with E-state index in [0.29, 0.717) is 32.1 Å². The van der Waals surface area contributed by atoms with E-state index in [0.717, 1.165) is 44.4 Å². The highest BCUT2D eigenvalue weighted by molar-refractivity contribution is 5.70. The van der Waals surface area contributed by atoms with Crippen molar-refractivity contribution in [2.75, 3.05) is 13.2 Å². The van der Waals surface area contributed by atoms with E-state index in [1.807, 2.05) is 12.2 Å². The Morgan fingerprint density at radius 1 is 0.870 bits per heavy atom. The van der Waals surface area contributed by atoms with Crippen LogP contribution in [0.1, 0.15) is 143 Å². The van der Waals surface area contributed by atoms with Gasteiger partial charge in [0.05, 0.1) is 24.9 Å². The number of carbonyl (C=O) groups is 2. The third kappa shape index (κ3) is 21.9. The highest BCUT2D eigenvalue weighted by Crippen LogP contribution is 2.29. The summed E-state index contributed by atoms with van der Waals surface area (Å²) in [5.74, 6) is -0.266. The van der Waals surface area contributed by atoms with Gasteiger partial charge in [-0.1, -0.05) is 116 Å². The summed E-state index contributed by atoms with van der Waals surface area (Å²) in [6, 6.07) is 0. The number of ether oxygens (including phenoxy) is 3. The molecular formula is C37H66O9. The lowest BCUT2D eigenvalue weighted by Gasteiger charge is -2.36. The van der Waals surface area contributed by atoms with Crippen LogP contribution in [0.25, 0.3) is 0 Å². The number of hydrogen-bond donors (Lipinski definition) is 4. The lowest BCUT2D eigenvalue weighted by molar-refractivity contribution is -0.199. The molecule has 9 nitrogen and oxygen atoms in total. The third-order valence-electron chi connectivity index (χ3n) is 8.47. The number of carbonyl (C=O) groups excluding carboxylic acids is 2. The van der Waals surface area contributed by atoms with Crippen molar-refractivity contribution in [3.63, 3.8) is 0 Å². The van der Waals surface area contributed by atoms with Gasteiger partial charge < -0.3 is 34.6 Å². The zero-order valence-corrected chi connectivity index (χ0v) is 29.0. The molecule has 0 aromatic rings. The summed E-state index contributed by atoms with van der Waals surface area (Å²) in [5.41, 5.74) is 0. The molecule has 0 saturated carbocycles. The lowest BCUT2D eigenvalue weighted by atomic mass is 9.87. The molecule has 6 atom stereocenters. The van der Waals surface area contributed by atoms with E-state index in [1.165, 1.54) is 38.5 Å². The molecule has 1 aliphatic rings. The van der Waals surface area contributed by atoms with Crippen molar-refractivity contribution in [2.24, 2.45) is 11.8 Å². The van der Waals surface area contributed by atoms with Crippen LogP contribution in [0.4, 0.5) is 0 Å². The average Bonchev–Trinajstić information content (AvgIpc) is 3.01. The fourth-order valence-corrected chi connectivity index (χ4v) is 5.60. The molecule has 46 heavy (non-hydrogen) atoms. The van der Waals surface area contributed by atoms with E-state index in [2.05, 4.69) is 20.8 Å². The van der Waals surface area contributed by atoms with Crippen molar-refractivity contribution in [1.82, 2.24) is 0 Å². The second kappa shape index (κ2) is 27.2. The number of hydrogen-bond acceptors (Lipinski definition) is 9. The number of allylic oxidation sites excluding steroid dienone is 2. The van der Waals surface area contributed by atoms with E-state index in [-0.39, 0.29) is 31.3 Å². The zero-order valence-electron chi connectivity index (χ0n) is 29.0. The van der Waals surface area contributed by atoms with Crippen LogP contribution >= 0.6 is 0 Å². The van der Waals surface area contributed by atoms with Crippen molar-refractivity contribution in [1.29, 1.82) is 0 Å². The molecular weight excluding hydrogens is 588 g/mol. The molecule has 0 radical (unpaired) electrons. The fraction of sp³-hybridized carbons (Fsp3) is 0.838. The molecule has 1 unspecified atom stereocenters. The van der Waals surface area contributed by atoms with Gasteiger partial charge in [-0.15, -0.1) is 0 Å². The second-order valence-electron chi connectivity index (χ2n) is 13.3. The molecule has 1 fully saturated rings. The van der Waals surface area contributed by atoms with Gasteiger partial charge in [0.25, 0.3) is 0 Å². The summed E-state index contributed by atoms with van der Waals surface area (Å²) in [6.07, 6.45) is 20.2. The molecule has 1 aliphatic heterocycles. The lowest BCUT2D eigenvalue weighted by Crippen LogP contribution is -2.43. The minimum Gasteiger partial charge on any atom is -0.462 e. The van der Waals surface area contributed by atoms with Crippen LogP contribution in [0, 0.1) is 11.8 Å². The molecule has 1 heterocycles. The Kier molecular flexibility index (Phi) is 25.0. The van der Waals surface area contributed by atoms with Gasteiger partial charge in [0.15, 0.2) is 12.4 Å². The number of unbranched alkanes of at least 4 members (excludes halogenated alkanes) is 10. The molecule has 0 aromatic heterocycles. The maximum absolute atomic E-state index is 12.2. The summed E-state index contributed by atoms with van der Waals surface area (Å²) >= 11 is 0. The van der Waals surface area contributed by atoms with Gasteiger partial charge in [-0.3, -0.25) is 9.59 Å². The normalized spacial score (nSPS) is 21.7. The summed E-state index contributed by atoms with van der Waals surface area (Å²) < 4.78 is 16.2. The Labute approximate surface area is 278 Å². The van der Waals surface area contributed by atoms with Gasteiger partial charge in [-0.05, 0) is 38.0 Å². The van der Waals surface area contributed by atoms with Crippen molar-refractivity contribution >= 4 is 11.9 Å². The maximum atomic E-state index is 12.2.